The molecule has 0 unspecified atom stereocenters. The topological polar surface area (TPSA) is 58.4 Å². The smallest absolute Gasteiger partial charge is 0.274 e. The molecule has 1 aromatic rings. The van der Waals surface area contributed by atoms with Gasteiger partial charge in [0.05, 0.1) is 6.33 Å². The number of carbonyl (C=O) groups excluding carboxylic acids is 1. The predicted molar refractivity (Wildman–Crippen MR) is 63.6 cm³/mol. The Morgan fingerprint density at radius 3 is 2.88 bits per heavy atom. The van der Waals surface area contributed by atoms with Crippen LogP contribution in [0.3, 0.4) is 0 Å². The van der Waals surface area contributed by atoms with Crippen LogP contribution in [0, 0.1) is 0 Å². The highest BCUT2D eigenvalue weighted by Gasteiger charge is 2.29. The lowest BCUT2D eigenvalue weighted by atomic mass is 9.91. The number of aliphatic hydroxyl groups is 1. The molecule has 1 amide bonds. The first kappa shape index (κ1) is 12.1. The lowest BCUT2D eigenvalue weighted by Crippen LogP contribution is -2.45. The van der Waals surface area contributed by atoms with Crippen molar-refractivity contribution in [2.24, 2.45) is 7.05 Å². The van der Waals surface area contributed by atoms with E-state index < -0.39 is 0 Å². The van der Waals surface area contributed by atoms with Crippen molar-refractivity contribution < 1.29 is 9.90 Å². The van der Waals surface area contributed by atoms with Gasteiger partial charge in [0.1, 0.15) is 5.69 Å². The Kier molecular flexibility index (Phi) is 3.78. The lowest BCUT2D eigenvalue weighted by Gasteiger charge is -2.37. The average Bonchev–Trinajstić information content (AvgIpc) is 2.67. The molecule has 5 nitrogen and oxygen atoms in total. The van der Waals surface area contributed by atoms with Crippen LogP contribution >= 0.6 is 0 Å². The zero-order valence-electron chi connectivity index (χ0n) is 10.2. The summed E-state index contributed by atoms with van der Waals surface area (Å²) < 4.78 is 1.78. The van der Waals surface area contributed by atoms with Crippen molar-refractivity contribution in [3.63, 3.8) is 0 Å². The Morgan fingerprint density at radius 2 is 2.41 bits per heavy atom. The van der Waals surface area contributed by atoms with E-state index in [0.717, 1.165) is 12.8 Å². The zero-order chi connectivity index (χ0) is 12.3. The summed E-state index contributed by atoms with van der Waals surface area (Å²) in [7, 11) is 1.85. The molecule has 1 aliphatic carbocycles. The van der Waals surface area contributed by atoms with Gasteiger partial charge in [0.25, 0.3) is 5.91 Å². The predicted octanol–water partition coefficient (Wildman–Crippen LogP) is 0.797. The van der Waals surface area contributed by atoms with Crippen LogP contribution in [0.2, 0.25) is 0 Å². The maximum atomic E-state index is 12.3. The third kappa shape index (κ3) is 2.66. The number of carbonyl (C=O) groups is 1. The van der Waals surface area contributed by atoms with Gasteiger partial charge in [0.2, 0.25) is 0 Å². The van der Waals surface area contributed by atoms with Crippen LogP contribution in [0.15, 0.2) is 12.5 Å². The molecule has 1 saturated carbocycles. The van der Waals surface area contributed by atoms with E-state index in [4.69, 9.17) is 5.11 Å². The maximum Gasteiger partial charge on any atom is 0.274 e. The molecule has 1 fully saturated rings. The van der Waals surface area contributed by atoms with E-state index >= 15 is 0 Å². The normalized spacial score (nSPS) is 15.6. The second-order valence-electron chi connectivity index (χ2n) is 4.58. The molecule has 0 saturated heterocycles. The van der Waals surface area contributed by atoms with E-state index in [0.29, 0.717) is 24.7 Å². The zero-order valence-corrected chi connectivity index (χ0v) is 10.2. The Balaban J connectivity index is 2.06. The second kappa shape index (κ2) is 5.31. The van der Waals surface area contributed by atoms with Crippen LogP contribution in [0.25, 0.3) is 0 Å². The number of hydrogen-bond donors (Lipinski definition) is 1. The van der Waals surface area contributed by atoms with Gasteiger partial charge in [0, 0.05) is 32.4 Å². The highest BCUT2D eigenvalue weighted by Crippen LogP contribution is 2.26. The Hall–Kier alpha value is -1.36. The standard InChI is InChI=1S/C12H19N3O2/c1-14-8-11(13-9-14)12(17)15(6-3-7-16)10-4-2-5-10/h8-10,16H,2-7H2,1H3. The van der Waals surface area contributed by atoms with E-state index in [9.17, 15) is 4.79 Å². The van der Waals surface area contributed by atoms with Crippen molar-refractivity contribution in [2.45, 2.75) is 31.7 Å². The van der Waals surface area contributed by atoms with Gasteiger partial charge in [0.15, 0.2) is 0 Å². The van der Waals surface area contributed by atoms with Crippen LogP contribution in [0.1, 0.15) is 36.2 Å². The van der Waals surface area contributed by atoms with E-state index in [-0.39, 0.29) is 12.5 Å². The summed E-state index contributed by atoms with van der Waals surface area (Å²) in [4.78, 5) is 18.2. The molecule has 1 heterocycles. The fourth-order valence-electron chi connectivity index (χ4n) is 2.06. The van der Waals surface area contributed by atoms with E-state index in [2.05, 4.69) is 4.98 Å². The van der Waals surface area contributed by atoms with Crippen LogP contribution < -0.4 is 0 Å². The van der Waals surface area contributed by atoms with Gasteiger partial charge in [-0.2, -0.15) is 0 Å². The highest BCUT2D eigenvalue weighted by molar-refractivity contribution is 5.92. The maximum absolute atomic E-state index is 12.3. The number of imidazole rings is 1. The van der Waals surface area contributed by atoms with Crippen molar-refractivity contribution in [3.8, 4) is 0 Å². The highest BCUT2D eigenvalue weighted by atomic mass is 16.3. The Labute approximate surface area is 101 Å². The molecule has 1 aromatic heterocycles. The largest absolute Gasteiger partial charge is 0.396 e. The molecule has 0 atom stereocenters. The van der Waals surface area contributed by atoms with Gasteiger partial charge in [-0.3, -0.25) is 4.79 Å². The molecule has 5 heteroatoms. The minimum atomic E-state index is -0.0104. The molecular formula is C12H19N3O2. The number of aromatic nitrogens is 2. The number of nitrogens with zero attached hydrogens (tertiary/aromatic N) is 3. The fourth-order valence-corrected chi connectivity index (χ4v) is 2.06. The molecule has 17 heavy (non-hydrogen) atoms. The number of hydrogen-bond acceptors (Lipinski definition) is 3. The lowest BCUT2D eigenvalue weighted by molar-refractivity contribution is 0.0557. The molecule has 0 aromatic carbocycles. The molecule has 94 valence electrons. The minimum Gasteiger partial charge on any atom is -0.396 e. The second-order valence-corrected chi connectivity index (χ2v) is 4.58. The van der Waals surface area contributed by atoms with Crippen LogP contribution in [-0.2, 0) is 7.05 Å². The molecule has 0 spiro atoms. The summed E-state index contributed by atoms with van der Waals surface area (Å²) in [6.45, 7) is 0.745. The summed E-state index contributed by atoms with van der Waals surface area (Å²) in [6, 6.07) is 0.344. The number of aryl methyl sites for hydroxylation is 1. The minimum absolute atomic E-state index is 0.0104. The number of rotatable bonds is 5. The molecule has 1 N–H and O–H groups in total. The first-order chi connectivity index (χ1) is 8.22. The molecule has 0 bridgehead atoms. The van der Waals surface area contributed by atoms with Crippen molar-refractivity contribution in [3.05, 3.63) is 18.2 Å². The van der Waals surface area contributed by atoms with Crippen LogP contribution in [0.4, 0.5) is 0 Å². The van der Waals surface area contributed by atoms with Crippen molar-refractivity contribution in [1.82, 2.24) is 14.5 Å². The molecular weight excluding hydrogens is 218 g/mol. The molecule has 2 rings (SSSR count). The van der Waals surface area contributed by atoms with Gasteiger partial charge in [-0.1, -0.05) is 0 Å². The first-order valence-corrected chi connectivity index (χ1v) is 6.12. The third-order valence-electron chi connectivity index (χ3n) is 3.26. The monoisotopic (exact) mass is 237 g/mol. The third-order valence-corrected chi connectivity index (χ3v) is 3.26. The van der Waals surface area contributed by atoms with Crippen molar-refractivity contribution >= 4 is 5.91 Å². The average molecular weight is 237 g/mol. The van der Waals surface area contributed by atoms with E-state index in [1.807, 2.05) is 11.9 Å². The number of aliphatic hydroxyl groups excluding tert-OH is 1. The van der Waals surface area contributed by atoms with Gasteiger partial charge in [-0.25, -0.2) is 4.98 Å². The van der Waals surface area contributed by atoms with Gasteiger partial charge < -0.3 is 14.6 Å². The summed E-state index contributed by atoms with van der Waals surface area (Å²) in [6.07, 6.45) is 7.35. The first-order valence-electron chi connectivity index (χ1n) is 6.12. The molecule has 0 radical (unpaired) electrons. The summed E-state index contributed by atoms with van der Waals surface area (Å²) in [5.74, 6) is -0.0104. The van der Waals surface area contributed by atoms with Crippen LogP contribution in [-0.4, -0.2) is 44.7 Å². The Morgan fingerprint density at radius 1 is 1.65 bits per heavy atom. The summed E-state index contributed by atoms with van der Waals surface area (Å²) in [5.41, 5.74) is 0.498. The molecule has 1 aliphatic rings. The molecule has 0 aliphatic heterocycles. The Bertz CT molecular complexity index is 385. The summed E-state index contributed by atoms with van der Waals surface area (Å²) >= 11 is 0. The number of amides is 1. The van der Waals surface area contributed by atoms with E-state index in [1.54, 1.807) is 17.1 Å². The van der Waals surface area contributed by atoms with Crippen molar-refractivity contribution in [1.29, 1.82) is 0 Å². The van der Waals surface area contributed by atoms with E-state index in [1.165, 1.54) is 6.42 Å². The van der Waals surface area contributed by atoms with Crippen LogP contribution in [0.5, 0.6) is 0 Å². The SMILES string of the molecule is Cn1cnc(C(=O)N(CCCO)C2CCC2)c1. The van der Waals surface area contributed by atoms with Crippen molar-refractivity contribution in [2.75, 3.05) is 13.2 Å². The van der Waals surface area contributed by atoms with Gasteiger partial charge >= 0.3 is 0 Å². The van der Waals surface area contributed by atoms with Gasteiger partial charge in [-0.05, 0) is 25.7 Å². The fraction of sp³-hybridized carbons (Fsp3) is 0.667. The summed E-state index contributed by atoms with van der Waals surface area (Å²) in [5, 5.41) is 8.89. The quantitative estimate of drug-likeness (QED) is 0.824. The van der Waals surface area contributed by atoms with Gasteiger partial charge in [-0.15, -0.1) is 0 Å².